The van der Waals surface area contributed by atoms with Gasteiger partial charge in [0.1, 0.15) is 5.44 Å². The Bertz CT molecular complexity index is 339. The van der Waals surface area contributed by atoms with Gasteiger partial charge in [0.05, 0.1) is 12.2 Å². The van der Waals surface area contributed by atoms with E-state index in [4.69, 9.17) is 4.74 Å². The van der Waals surface area contributed by atoms with E-state index in [0.717, 1.165) is 36.0 Å². The molecule has 4 rings (SSSR count). The van der Waals surface area contributed by atoms with Crippen molar-refractivity contribution in [2.75, 3.05) is 6.61 Å². The predicted octanol–water partition coefficient (Wildman–Crippen LogP) is 3.29. The SMILES string of the molecule is CC[C@@](C)(O)[C@@H]1OC[C@@H]2[C@H](C[C@H]3C[C@@H]2C3(C)C)S1. The van der Waals surface area contributed by atoms with Crippen molar-refractivity contribution in [2.45, 2.75) is 63.2 Å². The van der Waals surface area contributed by atoms with Gasteiger partial charge in [-0.2, -0.15) is 0 Å². The van der Waals surface area contributed by atoms with E-state index in [1.165, 1.54) is 12.8 Å². The van der Waals surface area contributed by atoms with E-state index in [0.29, 0.717) is 5.41 Å². The summed E-state index contributed by atoms with van der Waals surface area (Å²) < 4.78 is 6.00. The molecule has 0 spiro atoms. The van der Waals surface area contributed by atoms with Gasteiger partial charge in [-0.1, -0.05) is 20.8 Å². The van der Waals surface area contributed by atoms with Crippen LogP contribution in [0.25, 0.3) is 0 Å². The van der Waals surface area contributed by atoms with E-state index in [1.54, 1.807) is 0 Å². The first-order valence-electron chi connectivity index (χ1n) is 7.35. The van der Waals surface area contributed by atoms with Gasteiger partial charge in [0.15, 0.2) is 0 Å². The van der Waals surface area contributed by atoms with Crippen molar-refractivity contribution in [3.63, 3.8) is 0 Å². The van der Waals surface area contributed by atoms with Crippen LogP contribution in [0, 0.1) is 23.2 Å². The highest BCUT2D eigenvalue weighted by Crippen LogP contribution is 2.64. The summed E-state index contributed by atoms with van der Waals surface area (Å²) in [6, 6.07) is 0. The summed E-state index contributed by atoms with van der Waals surface area (Å²) >= 11 is 1.91. The van der Waals surface area contributed by atoms with Gasteiger partial charge in [0.2, 0.25) is 0 Å². The van der Waals surface area contributed by atoms with Crippen LogP contribution in [0.2, 0.25) is 0 Å². The molecule has 3 heteroatoms. The average molecular weight is 270 g/mol. The van der Waals surface area contributed by atoms with Crippen LogP contribution < -0.4 is 0 Å². The maximum absolute atomic E-state index is 10.4. The van der Waals surface area contributed by atoms with E-state index < -0.39 is 5.60 Å². The summed E-state index contributed by atoms with van der Waals surface area (Å²) in [6.45, 7) is 9.68. The highest BCUT2D eigenvalue weighted by atomic mass is 32.2. The van der Waals surface area contributed by atoms with Crippen molar-refractivity contribution < 1.29 is 9.84 Å². The maximum Gasteiger partial charge on any atom is 0.131 e. The fraction of sp³-hybridized carbons (Fsp3) is 1.00. The molecule has 0 unspecified atom stereocenters. The summed E-state index contributed by atoms with van der Waals surface area (Å²) in [5, 5.41) is 11.1. The number of thioether (sulfide) groups is 1. The normalized spacial score (nSPS) is 48.8. The molecule has 1 saturated heterocycles. The van der Waals surface area contributed by atoms with E-state index in [2.05, 4.69) is 13.8 Å². The first-order valence-corrected chi connectivity index (χ1v) is 8.30. The highest BCUT2D eigenvalue weighted by molar-refractivity contribution is 8.00. The maximum atomic E-state index is 10.4. The number of hydrogen-bond acceptors (Lipinski definition) is 3. The highest BCUT2D eigenvalue weighted by Gasteiger charge is 2.59. The molecule has 3 aliphatic carbocycles. The third-order valence-corrected chi connectivity index (χ3v) is 7.80. The fourth-order valence-electron chi connectivity index (χ4n) is 4.17. The Morgan fingerprint density at radius 1 is 1.39 bits per heavy atom. The molecule has 0 aromatic heterocycles. The number of rotatable bonds is 2. The second kappa shape index (κ2) is 4.13. The van der Waals surface area contributed by atoms with Gasteiger partial charge in [-0.05, 0) is 49.4 Å². The van der Waals surface area contributed by atoms with Gasteiger partial charge < -0.3 is 9.84 Å². The number of hydrogen-bond donors (Lipinski definition) is 1. The molecule has 6 atom stereocenters. The van der Waals surface area contributed by atoms with Gasteiger partial charge >= 0.3 is 0 Å². The summed E-state index contributed by atoms with van der Waals surface area (Å²) in [5.74, 6) is 2.47. The molecule has 18 heavy (non-hydrogen) atoms. The molecule has 0 aromatic carbocycles. The molecule has 104 valence electrons. The van der Waals surface area contributed by atoms with E-state index in [9.17, 15) is 5.11 Å². The summed E-state index contributed by atoms with van der Waals surface area (Å²) in [5.41, 5.74) is -0.165. The van der Waals surface area contributed by atoms with Crippen LogP contribution in [0.5, 0.6) is 0 Å². The van der Waals surface area contributed by atoms with Crippen LogP contribution in [-0.4, -0.2) is 28.0 Å². The van der Waals surface area contributed by atoms with Crippen molar-refractivity contribution >= 4 is 11.8 Å². The molecule has 0 aromatic rings. The largest absolute Gasteiger partial charge is 0.387 e. The van der Waals surface area contributed by atoms with Crippen molar-refractivity contribution in [3.8, 4) is 0 Å². The summed E-state index contributed by atoms with van der Waals surface area (Å²) in [6.07, 6.45) is 3.51. The lowest BCUT2D eigenvalue weighted by atomic mass is 9.45. The third kappa shape index (κ3) is 1.77. The first-order chi connectivity index (χ1) is 8.36. The Labute approximate surface area is 115 Å². The van der Waals surface area contributed by atoms with Crippen LogP contribution in [0.15, 0.2) is 0 Å². The molecular formula is C15H26O2S. The Balaban J connectivity index is 1.71. The standard InChI is InChI=1S/C15H26O2S/c1-5-15(4,16)13-17-8-10-11-6-9(14(11,2)3)7-12(10)18-13/h9-13,16H,5-8H2,1-4H3/t9-,10+,11+,12+,13-,15-/m1/s1. The zero-order valence-corrected chi connectivity index (χ0v) is 12.8. The van der Waals surface area contributed by atoms with Crippen LogP contribution in [-0.2, 0) is 4.74 Å². The molecule has 2 bridgehead atoms. The van der Waals surface area contributed by atoms with Gasteiger partial charge in [-0.15, -0.1) is 11.8 Å². The lowest BCUT2D eigenvalue weighted by Crippen LogP contribution is -2.60. The first kappa shape index (κ1) is 13.3. The Hall–Kier alpha value is 0.270. The molecule has 1 heterocycles. The fourth-order valence-corrected chi connectivity index (χ4v) is 5.91. The lowest BCUT2D eigenvalue weighted by Gasteiger charge is -2.64. The molecule has 2 nitrogen and oxygen atoms in total. The zero-order valence-electron chi connectivity index (χ0n) is 12.0. The topological polar surface area (TPSA) is 29.5 Å². The molecule has 1 aliphatic heterocycles. The van der Waals surface area contributed by atoms with E-state index in [-0.39, 0.29) is 5.44 Å². The Kier molecular flexibility index (Phi) is 3.04. The monoisotopic (exact) mass is 270 g/mol. The molecule has 4 aliphatic rings. The van der Waals surface area contributed by atoms with E-state index in [1.807, 2.05) is 25.6 Å². The van der Waals surface area contributed by atoms with Crippen LogP contribution in [0.3, 0.4) is 0 Å². The zero-order chi connectivity index (χ0) is 13.1. The molecule has 1 N–H and O–H groups in total. The minimum atomic E-state index is -0.674. The second-order valence-corrected chi connectivity index (χ2v) is 8.62. The summed E-state index contributed by atoms with van der Waals surface area (Å²) in [7, 11) is 0. The molecule has 0 radical (unpaired) electrons. The minimum absolute atomic E-state index is 0.0237. The molecule has 4 fully saturated rings. The van der Waals surface area contributed by atoms with Crippen LogP contribution in [0.1, 0.15) is 47.0 Å². The van der Waals surface area contributed by atoms with Crippen molar-refractivity contribution in [1.82, 2.24) is 0 Å². The Morgan fingerprint density at radius 3 is 2.72 bits per heavy atom. The van der Waals surface area contributed by atoms with Gasteiger partial charge in [-0.3, -0.25) is 0 Å². The molecule has 3 saturated carbocycles. The van der Waals surface area contributed by atoms with E-state index >= 15 is 0 Å². The van der Waals surface area contributed by atoms with Gasteiger partial charge in [-0.25, -0.2) is 0 Å². The van der Waals surface area contributed by atoms with Crippen LogP contribution >= 0.6 is 11.8 Å². The smallest absolute Gasteiger partial charge is 0.131 e. The molecule has 0 amide bonds. The van der Waals surface area contributed by atoms with Crippen molar-refractivity contribution in [1.29, 1.82) is 0 Å². The lowest BCUT2D eigenvalue weighted by molar-refractivity contribution is -0.145. The minimum Gasteiger partial charge on any atom is -0.387 e. The number of aliphatic hydroxyl groups is 1. The Morgan fingerprint density at radius 2 is 2.11 bits per heavy atom. The summed E-state index contributed by atoms with van der Waals surface area (Å²) in [4.78, 5) is 0. The van der Waals surface area contributed by atoms with Crippen molar-refractivity contribution in [3.05, 3.63) is 0 Å². The van der Waals surface area contributed by atoms with Crippen molar-refractivity contribution in [2.24, 2.45) is 23.2 Å². The van der Waals surface area contributed by atoms with Gasteiger partial charge in [0.25, 0.3) is 0 Å². The molecular weight excluding hydrogens is 244 g/mol. The third-order valence-electron chi connectivity index (χ3n) is 6.02. The quantitative estimate of drug-likeness (QED) is 0.835. The average Bonchev–Trinajstić information content (AvgIpc) is 2.37. The second-order valence-electron chi connectivity index (χ2n) is 7.31. The van der Waals surface area contributed by atoms with Crippen LogP contribution in [0.4, 0.5) is 0 Å². The van der Waals surface area contributed by atoms with Gasteiger partial charge in [0, 0.05) is 5.25 Å². The number of ether oxygens (including phenoxy) is 1. The predicted molar refractivity (Wildman–Crippen MR) is 75.5 cm³/mol.